The number of para-hydroxylation sites is 2. The highest BCUT2D eigenvalue weighted by molar-refractivity contribution is 5.73. The van der Waals surface area contributed by atoms with Crippen molar-refractivity contribution in [1.29, 1.82) is 0 Å². The van der Waals surface area contributed by atoms with Gasteiger partial charge in [-0.15, -0.1) is 6.58 Å². The molecule has 0 atom stereocenters. The van der Waals surface area contributed by atoms with Crippen molar-refractivity contribution in [2.45, 2.75) is 19.3 Å². The summed E-state index contributed by atoms with van der Waals surface area (Å²) < 4.78 is 0. The first kappa shape index (κ1) is 18.9. The SMILES string of the molecule is C=CCNc1nc(N2CCCCC2)nc(N(c2ccccc2)c2ccccc2)n1. The molecule has 0 radical (unpaired) electrons. The summed E-state index contributed by atoms with van der Waals surface area (Å²) in [6, 6.07) is 20.4. The van der Waals surface area contributed by atoms with Gasteiger partial charge in [0.05, 0.1) is 0 Å². The predicted molar refractivity (Wildman–Crippen MR) is 119 cm³/mol. The maximum absolute atomic E-state index is 4.88. The van der Waals surface area contributed by atoms with E-state index in [0.29, 0.717) is 18.4 Å². The quantitative estimate of drug-likeness (QED) is 0.581. The van der Waals surface area contributed by atoms with Crippen LogP contribution in [0.4, 0.5) is 29.2 Å². The topological polar surface area (TPSA) is 57.2 Å². The Balaban J connectivity index is 1.81. The van der Waals surface area contributed by atoms with Gasteiger partial charge in [0, 0.05) is 31.0 Å². The van der Waals surface area contributed by atoms with Crippen LogP contribution < -0.4 is 15.1 Å². The van der Waals surface area contributed by atoms with Crippen LogP contribution in [0, 0.1) is 0 Å². The molecule has 148 valence electrons. The summed E-state index contributed by atoms with van der Waals surface area (Å²) in [5.74, 6) is 1.88. The molecule has 6 heteroatoms. The van der Waals surface area contributed by atoms with Gasteiger partial charge in [0.1, 0.15) is 0 Å². The van der Waals surface area contributed by atoms with Crippen molar-refractivity contribution in [3.63, 3.8) is 0 Å². The van der Waals surface area contributed by atoms with Crippen LogP contribution in [0.25, 0.3) is 0 Å². The summed E-state index contributed by atoms with van der Waals surface area (Å²) in [6.45, 7) is 6.33. The van der Waals surface area contributed by atoms with Gasteiger partial charge >= 0.3 is 0 Å². The summed E-state index contributed by atoms with van der Waals surface area (Å²) in [7, 11) is 0. The zero-order valence-corrected chi connectivity index (χ0v) is 16.5. The number of rotatable bonds is 7. The fourth-order valence-corrected chi connectivity index (χ4v) is 3.47. The van der Waals surface area contributed by atoms with Crippen LogP contribution >= 0.6 is 0 Å². The minimum atomic E-state index is 0.562. The lowest BCUT2D eigenvalue weighted by atomic mass is 10.1. The molecule has 1 N–H and O–H groups in total. The molecule has 0 unspecified atom stereocenters. The maximum atomic E-state index is 4.88. The Labute approximate surface area is 171 Å². The number of nitrogens with one attached hydrogen (secondary N) is 1. The molecule has 2 heterocycles. The van der Waals surface area contributed by atoms with Crippen LogP contribution in [0.3, 0.4) is 0 Å². The lowest BCUT2D eigenvalue weighted by Crippen LogP contribution is -2.32. The number of aromatic nitrogens is 3. The molecule has 6 nitrogen and oxygen atoms in total. The lowest BCUT2D eigenvalue weighted by Gasteiger charge is -2.29. The minimum Gasteiger partial charge on any atom is -0.351 e. The van der Waals surface area contributed by atoms with Gasteiger partial charge in [-0.25, -0.2) is 0 Å². The van der Waals surface area contributed by atoms with Gasteiger partial charge in [-0.1, -0.05) is 42.5 Å². The Morgan fingerprint density at radius 2 is 1.48 bits per heavy atom. The van der Waals surface area contributed by atoms with Gasteiger partial charge in [0.2, 0.25) is 17.8 Å². The van der Waals surface area contributed by atoms with Crippen molar-refractivity contribution in [1.82, 2.24) is 15.0 Å². The molecule has 0 saturated carbocycles. The first-order valence-corrected chi connectivity index (χ1v) is 10.1. The van der Waals surface area contributed by atoms with Crippen molar-refractivity contribution in [3.8, 4) is 0 Å². The van der Waals surface area contributed by atoms with Gasteiger partial charge in [-0.2, -0.15) is 15.0 Å². The standard InChI is InChI=1S/C23H26N6/c1-2-16-24-21-25-22(28-17-10-5-11-18-28)27-23(26-21)29(19-12-6-3-7-13-19)20-14-8-4-9-15-20/h2-4,6-9,12-15H,1,5,10-11,16-18H2,(H,24,25,26,27). The van der Waals surface area contributed by atoms with Crippen molar-refractivity contribution < 1.29 is 0 Å². The molecule has 4 rings (SSSR count). The summed E-state index contributed by atoms with van der Waals surface area (Å²) in [5, 5.41) is 3.24. The van der Waals surface area contributed by atoms with E-state index in [-0.39, 0.29) is 0 Å². The number of anilines is 5. The van der Waals surface area contributed by atoms with Gasteiger partial charge in [-0.3, -0.25) is 4.90 Å². The summed E-state index contributed by atoms with van der Waals surface area (Å²) >= 11 is 0. The Kier molecular flexibility index (Phi) is 6.00. The monoisotopic (exact) mass is 386 g/mol. The zero-order valence-electron chi connectivity index (χ0n) is 16.5. The van der Waals surface area contributed by atoms with E-state index in [4.69, 9.17) is 9.97 Å². The maximum Gasteiger partial charge on any atom is 0.241 e. The van der Waals surface area contributed by atoms with Gasteiger partial charge in [-0.05, 0) is 43.5 Å². The van der Waals surface area contributed by atoms with E-state index < -0.39 is 0 Å². The first-order valence-electron chi connectivity index (χ1n) is 10.1. The van der Waals surface area contributed by atoms with Crippen LogP contribution in [0.2, 0.25) is 0 Å². The van der Waals surface area contributed by atoms with Crippen LogP contribution in [0.1, 0.15) is 19.3 Å². The Morgan fingerprint density at radius 3 is 2.07 bits per heavy atom. The van der Waals surface area contributed by atoms with Gasteiger partial charge in [0.15, 0.2) is 0 Å². The van der Waals surface area contributed by atoms with E-state index in [1.54, 1.807) is 6.08 Å². The van der Waals surface area contributed by atoms with Crippen molar-refractivity contribution in [2.24, 2.45) is 0 Å². The fourth-order valence-electron chi connectivity index (χ4n) is 3.47. The van der Waals surface area contributed by atoms with E-state index in [1.165, 1.54) is 6.42 Å². The molecule has 0 amide bonds. The fraction of sp³-hybridized carbons (Fsp3) is 0.261. The van der Waals surface area contributed by atoms with Crippen LogP contribution in [0.5, 0.6) is 0 Å². The second kappa shape index (κ2) is 9.19. The van der Waals surface area contributed by atoms with Crippen molar-refractivity contribution in [3.05, 3.63) is 73.3 Å². The molecule has 0 spiro atoms. The highest BCUT2D eigenvalue weighted by Gasteiger charge is 2.21. The van der Waals surface area contributed by atoms with Crippen LogP contribution in [-0.2, 0) is 0 Å². The van der Waals surface area contributed by atoms with Crippen LogP contribution in [0.15, 0.2) is 73.3 Å². The Bertz CT molecular complexity index is 883. The highest BCUT2D eigenvalue weighted by Crippen LogP contribution is 2.33. The summed E-state index contributed by atoms with van der Waals surface area (Å²) in [4.78, 5) is 18.6. The number of benzene rings is 2. The highest BCUT2D eigenvalue weighted by atomic mass is 15.4. The third-order valence-corrected chi connectivity index (χ3v) is 4.88. The van der Waals surface area contributed by atoms with E-state index in [2.05, 4.69) is 50.9 Å². The molecule has 2 aromatic carbocycles. The van der Waals surface area contributed by atoms with Gasteiger partial charge < -0.3 is 10.2 Å². The molecule has 29 heavy (non-hydrogen) atoms. The molecule has 1 aliphatic heterocycles. The van der Waals surface area contributed by atoms with Crippen LogP contribution in [-0.4, -0.2) is 34.6 Å². The number of hydrogen-bond acceptors (Lipinski definition) is 6. The molecule has 1 saturated heterocycles. The average Bonchev–Trinajstić information content (AvgIpc) is 2.80. The largest absolute Gasteiger partial charge is 0.351 e. The molecule has 1 aliphatic rings. The zero-order chi connectivity index (χ0) is 19.9. The second-order valence-electron chi connectivity index (χ2n) is 6.98. The van der Waals surface area contributed by atoms with Crippen molar-refractivity contribution >= 4 is 29.2 Å². The molecule has 3 aromatic rings. The number of nitrogens with zero attached hydrogens (tertiary/aromatic N) is 5. The summed E-state index contributed by atoms with van der Waals surface area (Å²) in [5.41, 5.74) is 2.01. The molecule has 1 aromatic heterocycles. The first-order chi connectivity index (χ1) is 14.3. The molecular formula is C23H26N6. The van der Waals surface area contributed by atoms with E-state index in [9.17, 15) is 0 Å². The number of hydrogen-bond donors (Lipinski definition) is 1. The summed E-state index contributed by atoms with van der Waals surface area (Å²) in [6.07, 6.45) is 5.39. The molecule has 0 bridgehead atoms. The normalized spacial score (nSPS) is 13.7. The average molecular weight is 387 g/mol. The van der Waals surface area contributed by atoms with E-state index in [0.717, 1.165) is 43.3 Å². The lowest BCUT2D eigenvalue weighted by molar-refractivity contribution is 0.567. The number of piperidine rings is 1. The Hall–Kier alpha value is -3.41. The minimum absolute atomic E-state index is 0.562. The second-order valence-corrected chi connectivity index (χ2v) is 6.98. The Morgan fingerprint density at radius 1 is 0.862 bits per heavy atom. The van der Waals surface area contributed by atoms with Crippen molar-refractivity contribution in [2.75, 3.05) is 34.8 Å². The molecule has 1 fully saturated rings. The third kappa shape index (κ3) is 4.54. The smallest absolute Gasteiger partial charge is 0.241 e. The third-order valence-electron chi connectivity index (χ3n) is 4.88. The molecular weight excluding hydrogens is 360 g/mol. The van der Waals surface area contributed by atoms with Gasteiger partial charge in [0.25, 0.3) is 0 Å². The van der Waals surface area contributed by atoms with E-state index >= 15 is 0 Å². The predicted octanol–water partition coefficient (Wildman–Crippen LogP) is 4.93. The molecule has 0 aliphatic carbocycles. The van der Waals surface area contributed by atoms with E-state index in [1.807, 2.05) is 36.4 Å².